The van der Waals surface area contributed by atoms with Crippen LogP contribution in [0, 0.1) is 12.8 Å². The first kappa shape index (κ1) is 66.7. The molecule has 1 amide bonds. The molecule has 1 heterocycles. The van der Waals surface area contributed by atoms with Gasteiger partial charge in [0.25, 0.3) is 0 Å². The van der Waals surface area contributed by atoms with E-state index < -0.39 is 23.9 Å². The lowest BCUT2D eigenvalue weighted by atomic mass is 10.0. The van der Waals surface area contributed by atoms with Crippen LogP contribution in [0.5, 0.6) is 0 Å². The summed E-state index contributed by atoms with van der Waals surface area (Å²) < 4.78 is 0. The monoisotopic (exact) mass is 884 g/mol. The number of aliphatic hydroxyl groups is 1. The molecule has 16 nitrogen and oxygen atoms in total. The van der Waals surface area contributed by atoms with E-state index in [2.05, 4.69) is 47.1 Å². The number of amidine groups is 1. The van der Waals surface area contributed by atoms with Gasteiger partial charge in [0.2, 0.25) is 5.91 Å². The smallest absolute Gasteiger partial charge is 0.320 e. The van der Waals surface area contributed by atoms with Crippen molar-refractivity contribution in [3.8, 4) is 0 Å². The SMILES string of the molecule is CC.CC.CCC(=O)O.CCC=O.CCCCCCC(C)CC.CCCN(CCN(CCC)C(CCC(=O)NCc1cc(C)cc(C2=NNC=NN2)c1)C(=O)O)CC(=O)O.CO. The van der Waals surface area contributed by atoms with E-state index in [0.717, 1.165) is 48.8 Å². The van der Waals surface area contributed by atoms with Crippen molar-refractivity contribution in [2.24, 2.45) is 16.1 Å². The lowest BCUT2D eigenvalue weighted by Crippen LogP contribution is -2.46. The minimum absolute atomic E-state index is 0.0660. The normalized spacial score (nSPS) is 11.6. The molecule has 7 N–H and O–H groups in total. The van der Waals surface area contributed by atoms with Crippen LogP contribution in [0.25, 0.3) is 0 Å². The predicted molar refractivity (Wildman–Crippen MR) is 255 cm³/mol. The highest BCUT2D eigenvalue weighted by molar-refractivity contribution is 6.00. The van der Waals surface area contributed by atoms with E-state index in [4.69, 9.17) is 15.3 Å². The summed E-state index contributed by atoms with van der Waals surface area (Å²) in [6.45, 7) is 26.5. The molecule has 2 rings (SSSR count). The number of aryl methyl sites for hydroxylation is 1. The molecule has 362 valence electrons. The molecule has 1 aliphatic rings. The molecular weight excluding hydrogens is 795 g/mol. The molecule has 0 saturated heterocycles. The number of carbonyl (C=O) groups excluding carboxylic acids is 2. The molecule has 16 heteroatoms. The summed E-state index contributed by atoms with van der Waals surface area (Å²) in [6, 6.07) is 5.00. The topological polar surface area (TPSA) is 234 Å². The molecule has 2 unspecified atom stereocenters. The zero-order valence-corrected chi connectivity index (χ0v) is 40.9. The van der Waals surface area contributed by atoms with Gasteiger partial charge in [0.15, 0.2) is 5.84 Å². The first-order valence-corrected chi connectivity index (χ1v) is 22.7. The van der Waals surface area contributed by atoms with Crippen molar-refractivity contribution < 1.29 is 44.4 Å². The predicted octanol–water partition coefficient (Wildman–Crippen LogP) is 7.89. The van der Waals surface area contributed by atoms with Crippen molar-refractivity contribution >= 4 is 42.3 Å². The zero-order valence-electron chi connectivity index (χ0n) is 40.9. The van der Waals surface area contributed by atoms with Crippen LogP contribution in [0.4, 0.5) is 0 Å². The molecule has 0 fully saturated rings. The Morgan fingerprint density at radius 1 is 0.806 bits per heavy atom. The van der Waals surface area contributed by atoms with Gasteiger partial charge in [0.05, 0.1) is 6.54 Å². The quantitative estimate of drug-likeness (QED) is 0.0366. The van der Waals surface area contributed by atoms with Gasteiger partial charge in [-0.05, 0) is 62.9 Å². The summed E-state index contributed by atoms with van der Waals surface area (Å²) in [5, 5.41) is 44.7. The summed E-state index contributed by atoms with van der Waals surface area (Å²) in [4.78, 5) is 58.0. The second kappa shape index (κ2) is 49.2. The van der Waals surface area contributed by atoms with E-state index in [9.17, 15) is 29.1 Å². The second-order valence-corrected chi connectivity index (χ2v) is 13.7. The third-order valence-corrected chi connectivity index (χ3v) is 8.57. The van der Waals surface area contributed by atoms with E-state index in [0.29, 0.717) is 45.0 Å². The van der Waals surface area contributed by atoms with Crippen LogP contribution in [-0.2, 0) is 30.5 Å². The van der Waals surface area contributed by atoms with E-state index in [1.54, 1.807) is 6.92 Å². The first-order valence-electron chi connectivity index (χ1n) is 22.7. The van der Waals surface area contributed by atoms with Gasteiger partial charge >= 0.3 is 17.9 Å². The summed E-state index contributed by atoms with van der Waals surface area (Å²) in [5.41, 5.74) is 8.24. The Kier molecular flexibility index (Phi) is 53.0. The van der Waals surface area contributed by atoms with Crippen molar-refractivity contribution in [1.82, 2.24) is 26.0 Å². The highest BCUT2D eigenvalue weighted by atomic mass is 16.4. The fourth-order valence-corrected chi connectivity index (χ4v) is 5.37. The number of hydrogen-bond acceptors (Lipinski definition) is 12. The van der Waals surface area contributed by atoms with E-state index in [1.165, 1.54) is 44.9 Å². The number of aldehydes is 1. The van der Waals surface area contributed by atoms with Crippen molar-refractivity contribution in [1.29, 1.82) is 0 Å². The summed E-state index contributed by atoms with van der Waals surface area (Å²) in [5.74, 6) is -1.34. The molecule has 1 aromatic carbocycles. The maximum atomic E-state index is 12.6. The van der Waals surface area contributed by atoms with Gasteiger partial charge in [-0.15, -0.1) is 0 Å². The molecule has 0 bridgehead atoms. The Labute approximate surface area is 375 Å². The van der Waals surface area contributed by atoms with Gasteiger partial charge in [0, 0.05) is 51.6 Å². The minimum Gasteiger partial charge on any atom is -0.481 e. The number of hydrazone groups is 2. The summed E-state index contributed by atoms with van der Waals surface area (Å²) in [6.07, 6.45) is 13.4. The maximum absolute atomic E-state index is 12.6. The number of aliphatic hydroxyl groups excluding tert-OH is 1. The Morgan fingerprint density at radius 2 is 1.40 bits per heavy atom. The number of aliphatic carboxylic acids is 3. The third kappa shape index (κ3) is 41.0. The first-order chi connectivity index (χ1) is 29.7. The van der Waals surface area contributed by atoms with Crippen LogP contribution >= 0.6 is 0 Å². The standard InChI is InChI=1S/C25H39N7O5.C10H22.C3H6O2.C3H6O.2C2H6.CH4O/c1-4-8-31(16-23(34)35)10-11-32(9-5-2)21(25(36)37)6-7-22(33)26-15-19-12-18(3)13-20(14-19)24-29-27-17-28-30-24;1-4-6-7-8-9-10(3)5-2;1-2-3(4)5;1-2-3-4;3*1-2/h12-14,17,21H,4-11,15-16H2,1-3H3,(H,26,33)(H,27,28)(H,29,30)(H,34,35)(H,36,37);10H,4-9H2,1-3H3;2H2,1H3,(H,4,5);3H,2H2,1H3;2*1-2H3;2H,1H3. The van der Waals surface area contributed by atoms with Crippen molar-refractivity contribution in [2.75, 3.05) is 39.8 Å². The van der Waals surface area contributed by atoms with Gasteiger partial charge in [-0.1, -0.05) is 126 Å². The van der Waals surface area contributed by atoms with Crippen LogP contribution < -0.4 is 16.2 Å². The number of unbranched alkanes of at least 4 members (excludes halogenated alkanes) is 3. The molecule has 0 aliphatic carbocycles. The fourth-order valence-electron chi connectivity index (χ4n) is 5.37. The van der Waals surface area contributed by atoms with Gasteiger partial charge in [-0.3, -0.25) is 39.8 Å². The average molecular weight is 884 g/mol. The molecule has 62 heavy (non-hydrogen) atoms. The van der Waals surface area contributed by atoms with Crippen molar-refractivity contribution in [2.45, 2.75) is 173 Å². The highest BCUT2D eigenvalue weighted by Crippen LogP contribution is 2.14. The van der Waals surface area contributed by atoms with Crippen LogP contribution in [0.3, 0.4) is 0 Å². The summed E-state index contributed by atoms with van der Waals surface area (Å²) in [7, 11) is 1.00. The van der Waals surface area contributed by atoms with Gasteiger partial charge < -0.3 is 30.5 Å². The van der Waals surface area contributed by atoms with Gasteiger partial charge in [-0.25, -0.2) is 0 Å². The number of benzene rings is 1. The van der Waals surface area contributed by atoms with Crippen molar-refractivity contribution in [3.05, 3.63) is 34.9 Å². The number of nitrogens with zero attached hydrogens (tertiary/aromatic N) is 4. The molecule has 1 aromatic rings. The lowest BCUT2D eigenvalue weighted by molar-refractivity contribution is -0.144. The van der Waals surface area contributed by atoms with Crippen molar-refractivity contribution in [3.63, 3.8) is 0 Å². The highest BCUT2D eigenvalue weighted by Gasteiger charge is 2.26. The van der Waals surface area contributed by atoms with Gasteiger partial charge in [0.1, 0.15) is 18.7 Å². The van der Waals surface area contributed by atoms with Crippen LogP contribution in [0.1, 0.15) is 170 Å². The number of amides is 1. The third-order valence-electron chi connectivity index (χ3n) is 8.57. The zero-order chi connectivity index (χ0) is 48.7. The van der Waals surface area contributed by atoms with Crippen LogP contribution in [-0.4, -0.2) is 118 Å². The Morgan fingerprint density at radius 3 is 1.85 bits per heavy atom. The number of carboxylic acid groups (broad SMARTS) is 3. The van der Waals surface area contributed by atoms with E-state index >= 15 is 0 Å². The number of carbonyl (C=O) groups is 5. The lowest BCUT2D eigenvalue weighted by Gasteiger charge is -2.31. The molecule has 0 aromatic heterocycles. The Hall–Kier alpha value is -4.41. The molecular formula is C46H89N7O9. The molecule has 1 aliphatic heterocycles. The summed E-state index contributed by atoms with van der Waals surface area (Å²) >= 11 is 0. The minimum atomic E-state index is -0.984. The fraction of sp³-hybridized carbons (Fsp3) is 0.717. The number of rotatable bonds is 25. The Balaban J connectivity index is -0.000000354. The molecule has 0 saturated carbocycles. The number of nitrogens with one attached hydrogen (secondary N) is 3. The van der Waals surface area contributed by atoms with E-state index in [1.807, 2.05) is 83.4 Å². The Bertz CT molecular complexity index is 1310. The largest absolute Gasteiger partial charge is 0.481 e. The molecule has 0 spiro atoms. The number of carboxylic acids is 3. The van der Waals surface area contributed by atoms with E-state index in [-0.39, 0.29) is 31.7 Å². The molecule has 2 atom stereocenters. The van der Waals surface area contributed by atoms with Crippen LogP contribution in [0.15, 0.2) is 28.4 Å². The second-order valence-electron chi connectivity index (χ2n) is 13.7. The maximum Gasteiger partial charge on any atom is 0.320 e. The average Bonchev–Trinajstić information content (AvgIpc) is 3.28. The molecule has 0 radical (unpaired) electrons. The van der Waals surface area contributed by atoms with Gasteiger partial charge in [-0.2, -0.15) is 10.2 Å². The number of hydrogen-bond donors (Lipinski definition) is 7. The van der Waals surface area contributed by atoms with Crippen LogP contribution in [0.2, 0.25) is 0 Å².